The summed E-state index contributed by atoms with van der Waals surface area (Å²) >= 11 is 1.04. The van der Waals surface area contributed by atoms with Crippen molar-refractivity contribution in [3.05, 3.63) is 50.9 Å². The molecule has 1 aromatic heterocycles. The summed E-state index contributed by atoms with van der Waals surface area (Å²) < 4.78 is 15.0. The maximum absolute atomic E-state index is 13.8. The number of hydrogen-bond acceptors (Lipinski definition) is 6. The fraction of sp³-hybridized carbons (Fsp3) is 0.478. The van der Waals surface area contributed by atoms with Crippen molar-refractivity contribution >= 4 is 35.1 Å². The van der Waals surface area contributed by atoms with Crippen LogP contribution in [0.3, 0.4) is 0 Å². The van der Waals surface area contributed by atoms with Gasteiger partial charge in [-0.25, -0.2) is 9.18 Å². The third kappa shape index (κ3) is 6.96. The molecule has 2 rings (SSSR count). The Morgan fingerprint density at radius 3 is 2.35 bits per heavy atom. The summed E-state index contributed by atoms with van der Waals surface area (Å²) in [5, 5.41) is 0. The minimum absolute atomic E-state index is 0.0224. The van der Waals surface area contributed by atoms with Crippen LogP contribution in [0.15, 0.2) is 38.8 Å². The smallest absolute Gasteiger partial charge is 0.330 e. The summed E-state index contributed by atoms with van der Waals surface area (Å²) in [7, 11) is 1.46. The summed E-state index contributed by atoms with van der Waals surface area (Å²) in [5.74, 6) is -1.43. The number of rotatable bonds is 10. The Morgan fingerprint density at radius 1 is 1.12 bits per heavy atom. The van der Waals surface area contributed by atoms with Crippen LogP contribution < -0.4 is 21.9 Å². The van der Waals surface area contributed by atoms with Crippen molar-refractivity contribution in [1.29, 1.82) is 0 Å². The standard InChI is InChI=1S/C23H32FN5O4S/c1-14(2)10-28(20-21(25)29(11-15(3)4)23(33)26-22(20)32)18(30)12-27(5)19(31)13-34-17-9-7-6-8-16(17)24/h6-9,14-15H,10-13,25H2,1-5H3,(H,26,32,33). The third-order valence-electron chi connectivity index (χ3n) is 4.87. The molecule has 9 nitrogen and oxygen atoms in total. The second-order valence-corrected chi connectivity index (χ2v) is 9.88. The summed E-state index contributed by atoms with van der Waals surface area (Å²) in [4.78, 5) is 55.8. The monoisotopic (exact) mass is 493 g/mol. The second-order valence-electron chi connectivity index (χ2n) is 8.86. The number of carbonyl (C=O) groups excluding carboxylic acids is 2. The Labute approximate surface area is 202 Å². The molecule has 2 amide bonds. The lowest BCUT2D eigenvalue weighted by Gasteiger charge is -2.28. The molecular weight excluding hydrogens is 461 g/mol. The van der Waals surface area contributed by atoms with Gasteiger partial charge < -0.3 is 15.5 Å². The molecule has 0 unspecified atom stereocenters. The van der Waals surface area contributed by atoms with E-state index in [9.17, 15) is 23.6 Å². The van der Waals surface area contributed by atoms with E-state index in [1.807, 2.05) is 27.7 Å². The Hall–Kier alpha value is -3.08. The SMILES string of the molecule is CC(C)CN(C(=O)CN(C)C(=O)CSc1ccccc1F)c1c(N)n(CC(C)C)c(=O)[nH]c1=O. The highest BCUT2D eigenvalue weighted by molar-refractivity contribution is 8.00. The van der Waals surface area contributed by atoms with E-state index in [4.69, 9.17) is 5.73 Å². The lowest BCUT2D eigenvalue weighted by atomic mass is 10.2. The zero-order valence-electron chi connectivity index (χ0n) is 20.1. The van der Waals surface area contributed by atoms with Gasteiger partial charge in [0, 0.05) is 25.0 Å². The van der Waals surface area contributed by atoms with Crippen molar-refractivity contribution in [1.82, 2.24) is 14.5 Å². The topological polar surface area (TPSA) is 121 Å². The average molecular weight is 494 g/mol. The number of likely N-dealkylation sites (N-methyl/N-ethyl adjacent to an activating group) is 1. The van der Waals surface area contributed by atoms with Crippen molar-refractivity contribution in [2.45, 2.75) is 39.1 Å². The molecule has 0 bridgehead atoms. The van der Waals surface area contributed by atoms with E-state index in [0.29, 0.717) is 4.90 Å². The molecule has 2 aromatic rings. The molecule has 186 valence electrons. The highest BCUT2D eigenvalue weighted by Crippen LogP contribution is 2.22. The number of carbonyl (C=O) groups is 2. The number of aromatic nitrogens is 2. The summed E-state index contributed by atoms with van der Waals surface area (Å²) in [6, 6.07) is 6.12. The molecule has 34 heavy (non-hydrogen) atoms. The normalized spacial score (nSPS) is 11.2. The van der Waals surface area contributed by atoms with Gasteiger partial charge in [0.05, 0.1) is 12.3 Å². The van der Waals surface area contributed by atoms with Crippen LogP contribution >= 0.6 is 11.8 Å². The van der Waals surface area contributed by atoms with Crippen molar-refractivity contribution in [3.8, 4) is 0 Å². The average Bonchev–Trinajstić information content (AvgIpc) is 2.74. The molecule has 1 aromatic carbocycles. The number of H-pyrrole nitrogens is 1. The van der Waals surface area contributed by atoms with Crippen LogP contribution in [0.25, 0.3) is 0 Å². The van der Waals surface area contributed by atoms with Gasteiger partial charge in [0.15, 0.2) is 5.69 Å². The molecule has 0 saturated heterocycles. The van der Waals surface area contributed by atoms with Crippen LogP contribution in [0.2, 0.25) is 0 Å². The molecule has 0 spiro atoms. The van der Waals surface area contributed by atoms with Crippen LogP contribution in [0, 0.1) is 17.7 Å². The van der Waals surface area contributed by atoms with E-state index in [0.717, 1.165) is 11.8 Å². The third-order valence-corrected chi connectivity index (χ3v) is 5.90. The number of nitrogens with zero attached hydrogens (tertiary/aromatic N) is 3. The first-order chi connectivity index (χ1) is 15.9. The van der Waals surface area contributed by atoms with Crippen LogP contribution in [-0.2, 0) is 16.1 Å². The van der Waals surface area contributed by atoms with Crippen LogP contribution in [-0.4, -0.2) is 52.2 Å². The predicted molar refractivity (Wildman–Crippen MR) is 133 cm³/mol. The maximum Gasteiger partial charge on any atom is 0.330 e. The second kappa shape index (κ2) is 11.9. The zero-order chi connectivity index (χ0) is 25.6. The van der Waals surface area contributed by atoms with Gasteiger partial charge in [-0.15, -0.1) is 11.8 Å². The van der Waals surface area contributed by atoms with Crippen molar-refractivity contribution in [2.24, 2.45) is 11.8 Å². The maximum atomic E-state index is 13.8. The highest BCUT2D eigenvalue weighted by atomic mass is 32.2. The highest BCUT2D eigenvalue weighted by Gasteiger charge is 2.27. The van der Waals surface area contributed by atoms with Gasteiger partial charge in [0.2, 0.25) is 11.8 Å². The fourth-order valence-corrected chi connectivity index (χ4v) is 4.14. The zero-order valence-corrected chi connectivity index (χ0v) is 20.9. The van der Waals surface area contributed by atoms with E-state index in [1.165, 1.54) is 27.5 Å². The summed E-state index contributed by atoms with van der Waals surface area (Å²) in [6.45, 7) is 7.65. The Balaban J connectivity index is 2.26. The molecule has 0 aliphatic rings. The van der Waals surface area contributed by atoms with Gasteiger partial charge in [0.25, 0.3) is 5.56 Å². The lowest BCUT2D eigenvalue weighted by Crippen LogP contribution is -2.47. The number of benzene rings is 1. The lowest BCUT2D eigenvalue weighted by molar-refractivity contribution is -0.131. The van der Waals surface area contributed by atoms with Gasteiger partial charge >= 0.3 is 5.69 Å². The van der Waals surface area contributed by atoms with Gasteiger partial charge in [-0.2, -0.15) is 0 Å². The fourth-order valence-electron chi connectivity index (χ4n) is 3.26. The van der Waals surface area contributed by atoms with E-state index < -0.39 is 23.0 Å². The van der Waals surface area contributed by atoms with E-state index in [1.54, 1.807) is 18.2 Å². The Bertz CT molecular complexity index is 1140. The molecular formula is C23H32FN5O4S. The van der Waals surface area contributed by atoms with Gasteiger partial charge in [0.1, 0.15) is 11.6 Å². The molecule has 0 fully saturated rings. The first kappa shape index (κ1) is 27.2. The minimum atomic E-state index is -0.763. The number of nitrogen functional groups attached to an aromatic ring is 1. The number of hydrogen-bond donors (Lipinski definition) is 2. The predicted octanol–water partition coefficient (Wildman–Crippen LogP) is 2.15. The molecule has 0 aliphatic carbocycles. The Kier molecular flexibility index (Phi) is 9.48. The van der Waals surface area contributed by atoms with Crippen molar-refractivity contribution in [3.63, 3.8) is 0 Å². The largest absolute Gasteiger partial charge is 0.383 e. The number of nitrogens with one attached hydrogen (secondary N) is 1. The van der Waals surface area contributed by atoms with Crippen LogP contribution in [0.1, 0.15) is 27.7 Å². The molecule has 1 heterocycles. The molecule has 3 N–H and O–H groups in total. The number of amides is 2. The number of halogens is 1. The van der Waals surface area contributed by atoms with E-state index in [-0.39, 0.29) is 54.6 Å². The first-order valence-corrected chi connectivity index (χ1v) is 11.9. The number of nitrogens with two attached hydrogens (primary N) is 1. The number of aromatic amines is 1. The van der Waals surface area contributed by atoms with E-state index in [2.05, 4.69) is 4.98 Å². The van der Waals surface area contributed by atoms with Gasteiger partial charge in [-0.1, -0.05) is 39.8 Å². The molecule has 11 heteroatoms. The molecule has 0 atom stereocenters. The van der Waals surface area contributed by atoms with Gasteiger partial charge in [-0.3, -0.25) is 23.9 Å². The quantitative estimate of drug-likeness (QED) is 0.489. The van der Waals surface area contributed by atoms with Gasteiger partial charge in [-0.05, 0) is 24.0 Å². The van der Waals surface area contributed by atoms with E-state index >= 15 is 0 Å². The molecule has 0 aliphatic heterocycles. The number of anilines is 2. The van der Waals surface area contributed by atoms with Crippen molar-refractivity contribution < 1.29 is 14.0 Å². The molecule has 0 saturated carbocycles. The summed E-state index contributed by atoms with van der Waals surface area (Å²) in [6.07, 6.45) is 0. The summed E-state index contributed by atoms with van der Waals surface area (Å²) in [5.41, 5.74) is 4.68. The van der Waals surface area contributed by atoms with Crippen LogP contribution in [0.5, 0.6) is 0 Å². The minimum Gasteiger partial charge on any atom is -0.383 e. The first-order valence-electron chi connectivity index (χ1n) is 11.0. The van der Waals surface area contributed by atoms with Crippen LogP contribution in [0.4, 0.5) is 15.9 Å². The Morgan fingerprint density at radius 2 is 1.76 bits per heavy atom. The van der Waals surface area contributed by atoms with Crippen molar-refractivity contribution in [2.75, 3.05) is 36.5 Å². The molecule has 0 radical (unpaired) electrons. The number of thioether (sulfide) groups is 1.